The van der Waals surface area contributed by atoms with Crippen LogP contribution in [-0.2, 0) is 6.61 Å². The second-order valence-electron chi connectivity index (χ2n) is 2.06. The van der Waals surface area contributed by atoms with Gasteiger partial charge in [0.1, 0.15) is 18.1 Å². The van der Waals surface area contributed by atoms with Crippen LogP contribution in [0.5, 0.6) is 0 Å². The average Bonchev–Trinajstić information content (AvgIpc) is 2.48. The van der Waals surface area contributed by atoms with Gasteiger partial charge >= 0.3 is 0 Å². The second kappa shape index (κ2) is 3.78. The van der Waals surface area contributed by atoms with Gasteiger partial charge in [-0.2, -0.15) is 0 Å². The Hall–Kier alpha value is -1.28. The predicted octanol–water partition coefficient (Wildman–Crippen LogP) is 1.97. The van der Waals surface area contributed by atoms with Gasteiger partial charge in [0.15, 0.2) is 0 Å². The number of hydrogen-bond donors (Lipinski definition) is 1. The lowest BCUT2D eigenvalue weighted by Crippen LogP contribution is -1.73. The Labute approximate surface area is 65.5 Å². The molecule has 0 aromatic carbocycles. The third-order valence-electron chi connectivity index (χ3n) is 1.23. The molecule has 0 spiro atoms. The number of hydrogen-bond acceptors (Lipinski definition) is 2. The quantitative estimate of drug-likeness (QED) is 0.668. The maximum atomic E-state index is 8.64. The largest absolute Gasteiger partial charge is 0.459 e. The van der Waals surface area contributed by atoms with Gasteiger partial charge in [-0.15, -0.1) is 0 Å². The van der Waals surface area contributed by atoms with Crippen molar-refractivity contribution in [1.82, 2.24) is 0 Å². The molecule has 0 aliphatic heterocycles. The molecule has 0 radical (unpaired) electrons. The maximum absolute atomic E-state index is 8.64. The fourth-order valence-corrected chi connectivity index (χ4v) is 0.732. The van der Waals surface area contributed by atoms with Crippen LogP contribution in [0.3, 0.4) is 0 Å². The Morgan fingerprint density at radius 1 is 1.55 bits per heavy atom. The molecule has 1 N–H and O–H groups in total. The molecule has 0 atom stereocenters. The van der Waals surface area contributed by atoms with E-state index in [1.54, 1.807) is 30.4 Å². The van der Waals surface area contributed by atoms with Crippen molar-refractivity contribution < 1.29 is 9.52 Å². The number of furan rings is 1. The Morgan fingerprint density at radius 3 is 2.91 bits per heavy atom. The van der Waals surface area contributed by atoms with Crippen molar-refractivity contribution in [2.45, 2.75) is 6.61 Å². The highest BCUT2D eigenvalue weighted by molar-refractivity contribution is 5.44. The summed E-state index contributed by atoms with van der Waals surface area (Å²) in [7, 11) is 0. The van der Waals surface area contributed by atoms with E-state index in [0.29, 0.717) is 5.76 Å². The number of aliphatic hydroxyl groups excluding tert-OH is 1. The van der Waals surface area contributed by atoms with Crippen LogP contribution in [0.4, 0.5) is 0 Å². The van der Waals surface area contributed by atoms with Crippen LogP contribution in [0.2, 0.25) is 0 Å². The van der Waals surface area contributed by atoms with E-state index in [-0.39, 0.29) is 6.61 Å². The van der Waals surface area contributed by atoms with E-state index in [0.717, 1.165) is 5.76 Å². The zero-order valence-corrected chi connectivity index (χ0v) is 6.16. The zero-order valence-electron chi connectivity index (χ0n) is 6.16. The molecule has 0 aliphatic rings. The van der Waals surface area contributed by atoms with Crippen molar-refractivity contribution in [3.8, 4) is 0 Å². The highest BCUT2D eigenvalue weighted by atomic mass is 16.4. The molecule has 0 fully saturated rings. The molecule has 0 aliphatic carbocycles. The molecule has 1 rings (SSSR count). The number of allylic oxidation sites excluding steroid dienone is 2. The van der Waals surface area contributed by atoms with E-state index in [1.807, 2.05) is 0 Å². The highest BCUT2D eigenvalue weighted by Crippen LogP contribution is 2.08. The minimum absolute atomic E-state index is 0.0536. The summed E-state index contributed by atoms with van der Waals surface area (Å²) in [6.45, 7) is 3.47. The molecule has 0 bridgehead atoms. The van der Waals surface area contributed by atoms with Crippen LogP contribution >= 0.6 is 0 Å². The minimum atomic E-state index is -0.0536. The van der Waals surface area contributed by atoms with Crippen LogP contribution < -0.4 is 0 Å². The minimum Gasteiger partial charge on any atom is -0.459 e. The van der Waals surface area contributed by atoms with Crippen molar-refractivity contribution in [3.05, 3.63) is 42.4 Å². The van der Waals surface area contributed by atoms with Gasteiger partial charge in [-0.05, 0) is 18.2 Å². The van der Waals surface area contributed by atoms with E-state index >= 15 is 0 Å². The molecule has 2 nitrogen and oxygen atoms in total. The number of aliphatic hydroxyl groups is 1. The molecular formula is C9H10O2. The highest BCUT2D eigenvalue weighted by Gasteiger charge is 1.94. The predicted molar refractivity (Wildman–Crippen MR) is 43.9 cm³/mol. The van der Waals surface area contributed by atoms with Gasteiger partial charge in [-0.25, -0.2) is 0 Å². The molecule has 1 aromatic heterocycles. The van der Waals surface area contributed by atoms with Crippen molar-refractivity contribution in [2.75, 3.05) is 0 Å². The first-order valence-electron chi connectivity index (χ1n) is 3.35. The third-order valence-corrected chi connectivity index (χ3v) is 1.23. The normalized spacial score (nSPS) is 10.6. The molecule has 0 saturated heterocycles. The lowest BCUT2D eigenvalue weighted by molar-refractivity contribution is 0.246. The standard InChI is InChI=1S/C9H10O2/c1-2-3-4-8-5-6-9(7-10)11-8/h2-6,10H,1,7H2. The van der Waals surface area contributed by atoms with Crippen LogP contribution in [0.25, 0.3) is 6.08 Å². The molecule has 0 saturated carbocycles. The summed E-state index contributed by atoms with van der Waals surface area (Å²) in [4.78, 5) is 0. The van der Waals surface area contributed by atoms with Crippen LogP contribution in [-0.4, -0.2) is 5.11 Å². The summed E-state index contributed by atoms with van der Waals surface area (Å²) in [5.41, 5.74) is 0. The maximum Gasteiger partial charge on any atom is 0.130 e. The number of rotatable bonds is 3. The molecule has 1 heterocycles. The van der Waals surface area contributed by atoms with Gasteiger partial charge in [0.25, 0.3) is 0 Å². The fraction of sp³-hybridized carbons (Fsp3) is 0.111. The lowest BCUT2D eigenvalue weighted by atomic mass is 10.4. The molecular weight excluding hydrogens is 140 g/mol. The monoisotopic (exact) mass is 150 g/mol. The Morgan fingerprint density at radius 2 is 2.36 bits per heavy atom. The Balaban J connectivity index is 2.72. The molecule has 11 heavy (non-hydrogen) atoms. The zero-order chi connectivity index (χ0) is 8.10. The van der Waals surface area contributed by atoms with Crippen molar-refractivity contribution >= 4 is 6.08 Å². The fourth-order valence-electron chi connectivity index (χ4n) is 0.732. The first-order chi connectivity index (χ1) is 5.36. The van der Waals surface area contributed by atoms with Crippen LogP contribution in [0.15, 0.2) is 35.3 Å². The Bertz CT molecular complexity index is 258. The first-order valence-corrected chi connectivity index (χ1v) is 3.35. The molecule has 1 aromatic rings. The second-order valence-corrected chi connectivity index (χ2v) is 2.06. The first kappa shape index (κ1) is 7.82. The van der Waals surface area contributed by atoms with Crippen LogP contribution in [0, 0.1) is 0 Å². The van der Waals surface area contributed by atoms with Crippen molar-refractivity contribution in [3.63, 3.8) is 0 Å². The summed E-state index contributed by atoms with van der Waals surface area (Å²) in [6, 6.07) is 3.54. The van der Waals surface area contributed by atoms with E-state index in [2.05, 4.69) is 6.58 Å². The summed E-state index contributed by atoms with van der Waals surface area (Å²) < 4.78 is 5.15. The van der Waals surface area contributed by atoms with E-state index in [1.165, 1.54) is 0 Å². The molecule has 0 amide bonds. The summed E-state index contributed by atoms with van der Waals surface area (Å²) >= 11 is 0. The van der Waals surface area contributed by atoms with E-state index in [4.69, 9.17) is 9.52 Å². The Kier molecular flexibility index (Phi) is 2.69. The van der Waals surface area contributed by atoms with E-state index < -0.39 is 0 Å². The van der Waals surface area contributed by atoms with E-state index in [9.17, 15) is 0 Å². The van der Waals surface area contributed by atoms with Gasteiger partial charge in [-0.1, -0.05) is 18.7 Å². The van der Waals surface area contributed by atoms with Crippen molar-refractivity contribution in [2.24, 2.45) is 0 Å². The lowest BCUT2D eigenvalue weighted by Gasteiger charge is -1.85. The topological polar surface area (TPSA) is 33.4 Å². The van der Waals surface area contributed by atoms with Gasteiger partial charge in [0.05, 0.1) is 0 Å². The molecule has 58 valence electrons. The summed E-state index contributed by atoms with van der Waals surface area (Å²) in [5, 5.41) is 8.64. The summed E-state index contributed by atoms with van der Waals surface area (Å²) in [5.74, 6) is 1.31. The van der Waals surface area contributed by atoms with Crippen LogP contribution in [0.1, 0.15) is 11.5 Å². The van der Waals surface area contributed by atoms with Gasteiger partial charge in [-0.3, -0.25) is 0 Å². The van der Waals surface area contributed by atoms with Gasteiger partial charge in [0, 0.05) is 0 Å². The smallest absolute Gasteiger partial charge is 0.130 e. The van der Waals surface area contributed by atoms with Gasteiger partial charge < -0.3 is 9.52 Å². The summed E-state index contributed by atoms with van der Waals surface area (Å²) in [6.07, 6.45) is 5.23. The average molecular weight is 150 g/mol. The third kappa shape index (κ3) is 2.09. The SMILES string of the molecule is C=CC=Cc1ccc(CO)o1. The molecule has 2 heteroatoms. The van der Waals surface area contributed by atoms with Crippen molar-refractivity contribution in [1.29, 1.82) is 0 Å². The van der Waals surface area contributed by atoms with Gasteiger partial charge in [0.2, 0.25) is 0 Å². The molecule has 0 unspecified atom stereocenters.